The number of aryl methyl sites for hydroxylation is 1. The molecule has 0 aliphatic carbocycles. The van der Waals surface area contributed by atoms with Gasteiger partial charge >= 0.3 is 0 Å². The quantitative estimate of drug-likeness (QED) is 0.700. The highest BCUT2D eigenvalue weighted by Crippen LogP contribution is 2.25. The summed E-state index contributed by atoms with van der Waals surface area (Å²) in [5.41, 5.74) is 6.40. The monoisotopic (exact) mass is 348 g/mol. The van der Waals surface area contributed by atoms with Gasteiger partial charge in [-0.05, 0) is 43.3 Å². The summed E-state index contributed by atoms with van der Waals surface area (Å²) in [6, 6.07) is 17.8. The lowest BCUT2D eigenvalue weighted by Gasteiger charge is -2.15. The van der Waals surface area contributed by atoms with Gasteiger partial charge in [-0.25, -0.2) is 0 Å². The van der Waals surface area contributed by atoms with Crippen molar-refractivity contribution in [1.82, 2.24) is 20.0 Å². The van der Waals surface area contributed by atoms with Crippen LogP contribution in [0.4, 0.5) is 0 Å². The second-order valence-electron chi connectivity index (χ2n) is 7.14. The van der Waals surface area contributed by atoms with Gasteiger partial charge in [-0.2, -0.15) is 5.10 Å². The molecule has 0 bridgehead atoms. The van der Waals surface area contributed by atoms with E-state index in [1.807, 2.05) is 17.9 Å². The van der Waals surface area contributed by atoms with Gasteiger partial charge in [0.2, 0.25) is 0 Å². The summed E-state index contributed by atoms with van der Waals surface area (Å²) < 4.78 is 1.84. The van der Waals surface area contributed by atoms with Crippen molar-refractivity contribution >= 4 is 0 Å². The molecule has 0 radical (unpaired) electrons. The van der Waals surface area contributed by atoms with E-state index < -0.39 is 0 Å². The van der Waals surface area contributed by atoms with Crippen molar-refractivity contribution in [2.24, 2.45) is 7.05 Å². The van der Waals surface area contributed by atoms with Crippen molar-refractivity contribution in [2.45, 2.75) is 26.1 Å². The predicted octanol–water partition coefficient (Wildman–Crippen LogP) is 4.00. The van der Waals surface area contributed by atoms with Gasteiger partial charge in [0, 0.05) is 37.9 Å². The van der Waals surface area contributed by atoms with Crippen LogP contribution < -0.4 is 5.32 Å². The second kappa shape index (κ2) is 8.30. The van der Waals surface area contributed by atoms with E-state index in [1.54, 1.807) is 0 Å². The molecule has 4 heteroatoms. The lowest BCUT2D eigenvalue weighted by Crippen LogP contribution is -2.18. The van der Waals surface area contributed by atoms with Gasteiger partial charge < -0.3 is 10.2 Å². The lowest BCUT2D eigenvalue weighted by molar-refractivity contribution is 0.402. The van der Waals surface area contributed by atoms with E-state index in [-0.39, 0.29) is 6.04 Å². The minimum Gasteiger partial charge on any atom is -0.306 e. The molecular weight excluding hydrogens is 320 g/mol. The zero-order valence-corrected chi connectivity index (χ0v) is 16.1. The summed E-state index contributed by atoms with van der Waals surface area (Å²) in [7, 11) is 6.14. The van der Waals surface area contributed by atoms with Crippen LogP contribution >= 0.6 is 0 Å². The van der Waals surface area contributed by atoms with E-state index >= 15 is 0 Å². The Balaban J connectivity index is 1.73. The molecule has 1 heterocycles. The van der Waals surface area contributed by atoms with E-state index in [4.69, 9.17) is 0 Å². The van der Waals surface area contributed by atoms with Gasteiger partial charge in [0.1, 0.15) is 0 Å². The van der Waals surface area contributed by atoms with Gasteiger partial charge in [-0.15, -0.1) is 0 Å². The van der Waals surface area contributed by atoms with Crippen molar-refractivity contribution in [3.05, 3.63) is 77.6 Å². The summed E-state index contributed by atoms with van der Waals surface area (Å²) in [5.74, 6) is 0. The molecule has 0 unspecified atom stereocenters. The van der Waals surface area contributed by atoms with Gasteiger partial charge in [0.15, 0.2) is 0 Å². The fourth-order valence-electron chi connectivity index (χ4n) is 3.16. The first-order chi connectivity index (χ1) is 12.5. The minimum absolute atomic E-state index is 0.263. The SMILES string of the molecule is C[C@@H](NCc1ccccc1-c1ccc(CN(C)C)cc1)c1cnn(C)c1. The Bertz CT molecular complexity index is 833. The number of nitrogens with zero attached hydrogens (tertiary/aromatic N) is 3. The van der Waals surface area contributed by atoms with Crippen molar-refractivity contribution in [1.29, 1.82) is 0 Å². The summed E-state index contributed by atoms with van der Waals surface area (Å²) in [6.07, 6.45) is 3.99. The minimum atomic E-state index is 0.263. The van der Waals surface area contributed by atoms with Crippen molar-refractivity contribution in [2.75, 3.05) is 14.1 Å². The van der Waals surface area contributed by atoms with Crippen LogP contribution in [0, 0.1) is 0 Å². The number of benzene rings is 2. The van der Waals surface area contributed by atoms with Crippen molar-refractivity contribution < 1.29 is 0 Å². The van der Waals surface area contributed by atoms with E-state index in [0.29, 0.717) is 0 Å². The average Bonchev–Trinajstić information content (AvgIpc) is 3.07. The third-order valence-corrected chi connectivity index (χ3v) is 4.60. The molecule has 0 aliphatic heterocycles. The maximum atomic E-state index is 4.26. The number of hydrogen-bond acceptors (Lipinski definition) is 3. The molecule has 1 atom stereocenters. The third kappa shape index (κ3) is 4.59. The highest BCUT2D eigenvalue weighted by molar-refractivity contribution is 5.67. The van der Waals surface area contributed by atoms with Crippen molar-refractivity contribution in [3.8, 4) is 11.1 Å². The fraction of sp³-hybridized carbons (Fsp3) is 0.318. The van der Waals surface area contributed by atoms with Crippen LogP contribution in [0.1, 0.15) is 29.7 Å². The van der Waals surface area contributed by atoms with E-state index in [2.05, 4.69) is 91.1 Å². The number of nitrogens with one attached hydrogen (secondary N) is 1. The summed E-state index contributed by atoms with van der Waals surface area (Å²) in [5, 5.41) is 7.88. The summed E-state index contributed by atoms with van der Waals surface area (Å²) >= 11 is 0. The number of hydrogen-bond donors (Lipinski definition) is 1. The molecule has 3 rings (SSSR count). The molecule has 0 saturated carbocycles. The predicted molar refractivity (Wildman–Crippen MR) is 108 cm³/mol. The lowest BCUT2D eigenvalue weighted by atomic mass is 9.98. The Labute approximate surface area is 156 Å². The molecule has 136 valence electrons. The number of rotatable bonds is 7. The van der Waals surface area contributed by atoms with Crippen LogP contribution in [0.25, 0.3) is 11.1 Å². The molecule has 0 spiro atoms. The average molecular weight is 348 g/mol. The van der Waals surface area contributed by atoms with Crippen LogP contribution in [-0.4, -0.2) is 28.8 Å². The van der Waals surface area contributed by atoms with Gasteiger partial charge in [-0.3, -0.25) is 4.68 Å². The first kappa shape index (κ1) is 18.4. The molecule has 4 nitrogen and oxygen atoms in total. The Kier molecular flexibility index (Phi) is 5.86. The largest absolute Gasteiger partial charge is 0.306 e. The third-order valence-electron chi connectivity index (χ3n) is 4.60. The Morgan fingerprint density at radius 3 is 2.46 bits per heavy atom. The topological polar surface area (TPSA) is 33.1 Å². The molecule has 3 aromatic rings. The second-order valence-corrected chi connectivity index (χ2v) is 7.14. The smallest absolute Gasteiger partial charge is 0.0537 e. The zero-order valence-electron chi connectivity index (χ0n) is 16.1. The van der Waals surface area contributed by atoms with Crippen molar-refractivity contribution in [3.63, 3.8) is 0 Å². The molecule has 0 fully saturated rings. The molecule has 1 N–H and O–H groups in total. The van der Waals surface area contributed by atoms with Crippen LogP contribution in [0.15, 0.2) is 60.9 Å². The zero-order chi connectivity index (χ0) is 18.5. The molecule has 0 aliphatic rings. The van der Waals surface area contributed by atoms with Crippen LogP contribution in [0.2, 0.25) is 0 Å². The van der Waals surface area contributed by atoms with E-state index in [1.165, 1.54) is 27.8 Å². The first-order valence-electron chi connectivity index (χ1n) is 9.07. The van der Waals surface area contributed by atoms with Gasteiger partial charge in [-0.1, -0.05) is 48.5 Å². The first-order valence-corrected chi connectivity index (χ1v) is 9.07. The normalized spacial score (nSPS) is 12.5. The molecule has 0 saturated heterocycles. The van der Waals surface area contributed by atoms with E-state index in [9.17, 15) is 0 Å². The molecule has 1 aromatic heterocycles. The summed E-state index contributed by atoms with van der Waals surface area (Å²) in [4.78, 5) is 2.19. The van der Waals surface area contributed by atoms with Crippen LogP contribution in [0.3, 0.4) is 0 Å². The maximum Gasteiger partial charge on any atom is 0.0537 e. The maximum absolute atomic E-state index is 4.26. The Hall–Kier alpha value is -2.43. The highest BCUT2D eigenvalue weighted by Gasteiger charge is 2.09. The van der Waals surface area contributed by atoms with Crippen LogP contribution in [-0.2, 0) is 20.1 Å². The molecule has 0 amide bonds. The fourth-order valence-corrected chi connectivity index (χ4v) is 3.16. The Morgan fingerprint density at radius 2 is 1.81 bits per heavy atom. The highest BCUT2D eigenvalue weighted by atomic mass is 15.2. The molecular formula is C22H28N4. The molecule has 26 heavy (non-hydrogen) atoms. The standard InChI is InChI=1S/C22H28N4/c1-17(21-14-24-26(4)16-21)23-13-20-7-5-6-8-22(20)19-11-9-18(10-12-19)15-25(2)3/h5-12,14,16-17,23H,13,15H2,1-4H3/t17-/m1/s1. The van der Waals surface area contributed by atoms with Crippen LogP contribution in [0.5, 0.6) is 0 Å². The van der Waals surface area contributed by atoms with E-state index in [0.717, 1.165) is 13.1 Å². The Morgan fingerprint density at radius 1 is 1.08 bits per heavy atom. The summed E-state index contributed by atoms with van der Waals surface area (Å²) in [6.45, 7) is 3.97. The number of aromatic nitrogens is 2. The van der Waals surface area contributed by atoms with Gasteiger partial charge in [0.05, 0.1) is 6.20 Å². The molecule has 2 aromatic carbocycles. The van der Waals surface area contributed by atoms with Gasteiger partial charge in [0.25, 0.3) is 0 Å².